The lowest BCUT2D eigenvalue weighted by molar-refractivity contribution is -0.122. The van der Waals surface area contributed by atoms with Crippen LogP contribution in [0.25, 0.3) is 0 Å². The van der Waals surface area contributed by atoms with Crippen molar-refractivity contribution in [3.05, 3.63) is 59.2 Å². The van der Waals surface area contributed by atoms with Gasteiger partial charge in [0.15, 0.2) is 0 Å². The largest absolute Gasteiger partial charge is 0.347 e. The van der Waals surface area contributed by atoms with E-state index in [1.165, 1.54) is 0 Å². The van der Waals surface area contributed by atoms with Crippen molar-refractivity contribution in [1.82, 2.24) is 5.32 Å². The summed E-state index contributed by atoms with van der Waals surface area (Å²) in [5.41, 5.74) is 3.37. The smallest absolute Gasteiger partial charge is 0.253 e. The molecule has 6 heteroatoms. The second-order valence-corrected chi connectivity index (χ2v) is 8.93. The topological polar surface area (TPSA) is 78.5 Å². The third-order valence-electron chi connectivity index (χ3n) is 5.07. The zero-order valence-corrected chi connectivity index (χ0v) is 18.2. The molecule has 0 radical (unpaired) electrons. The Morgan fingerprint density at radius 2 is 1.77 bits per heavy atom. The second kappa shape index (κ2) is 8.30. The lowest BCUT2D eigenvalue weighted by Gasteiger charge is -2.22. The number of hydrogen-bond donors (Lipinski definition) is 2. The Kier molecular flexibility index (Phi) is 5.97. The van der Waals surface area contributed by atoms with Crippen molar-refractivity contribution in [3.63, 3.8) is 0 Å². The first-order valence-corrected chi connectivity index (χ1v) is 10.1. The van der Waals surface area contributed by atoms with E-state index in [1.54, 1.807) is 29.2 Å². The third kappa shape index (κ3) is 4.87. The molecule has 1 unspecified atom stereocenters. The van der Waals surface area contributed by atoms with Crippen LogP contribution in [0.5, 0.6) is 0 Å². The molecule has 1 aliphatic heterocycles. The van der Waals surface area contributed by atoms with Gasteiger partial charge in [0.25, 0.3) is 5.91 Å². The number of benzene rings is 2. The van der Waals surface area contributed by atoms with Crippen LogP contribution in [0.2, 0.25) is 0 Å². The highest BCUT2D eigenvalue weighted by atomic mass is 16.2. The molecular formula is C24H29N3O3. The highest BCUT2D eigenvalue weighted by Gasteiger charge is 2.36. The van der Waals surface area contributed by atoms with E-state index in [9.17, 15) is 14.4 Å². The average Bonchev–Trinajstić information content (AvgIpc) is 3.04. The van der Waals surface area contributed by atoms with Gasteiger partial charge in [0.2, 0.25) is 11.8 Å². The van der Waals surface area contributed by atoms with Crippen molar-refractivity contribution in [1.29, 1.82) is 0 Å². The average molecular weight is 408 g/mol. The molecule has 0 spiro atoms. The monoisotopic (exact) mass is 407 g/mol. The van der Waals surface area contributed by atoms with Crippen LogP contribution in [-0.2, 0) is 9.59 Å². The van der Waals surface area contributed by atoms with Crippen LogP contribution in [0.4, 0.5) is 11.4 Å². The SMILES string of the molecule is Cc1ccc(C)c(N2CC(C(=O)Nc3ccccc3C(=O)NC(C)(C)C)CC2=O)c1. The van der Waals surface area contributed by atoms with E-state index in [-0.39, 0.29) is 24.1 Å². The van der Waals surface area contributed by atoms with Gasteiger partial charge in [0.05, 0.1) is 17.2 Å². The zero-order chi connectivity index (χ0) is 22.1. The number of aryl methyl sites for hydroxylation is 2. The van der Waals surface area contributed by atoms with E-state index in [4.69, 9.17) is 0 Å². The standard InChI is InChI=1S/C24H29N3O3/c1-15-10-11-16(2)20(12-15)27-14-17(13-21(27)28)22(29)25-19-9-7-6-8-18(19)23(30)26-24(3,4)5/h6-12,17H,13-14H2,1-5H3,(H,25,29)(H,26,30). The molecule has 2 aromatic carbocycles. The van der Waals surface area contributed by atoms with Crippen LogP contribution in [0.1, 0.15) is 48.7 Å². The summed E-state index contributed by atoms with van der Waals surface area (Å²) in [5.74, 6) is -1.05. The third-order valence-corrected chi connectivity index (χ3v) is 5.07. The summed E-state index contributed by atoms with van der Waals surface area (Å²) < 4.78 is 0. The van der Waals surface area contributed by atoms with Crippen molar-refractivity contribution < 1.29 is 14.4 Å². The summed E-state index contributed by atoms with van der Waals surface area (Å²) in [6, 6.07) is 12.9. The predicted octanol–water partition coefficient (Wildman–Crippen LogP) is 3.82. The molecule has 2 aromatic rings. The Hall–Kier alpha value is -3.15. The van der Waals surface area contributed by atoms with Gasteiger partial charge in [-0.05, 0) is 63.9 Å². The first kappa shape index (κ1) is 21.6. The van der Waals surface area contributed by atoms with Gasteiger partial charge in [-0.15, -0.1) is 0 Å². The van der Waals surface area contributed by atoms with E-state index in [1.807, 2.05) is 52.8 Å². The van der Waals surface area contributed by atoms with Gasteiger partial charge in [0, 0.05) is 24.2 Å². The Labute approximate surface area is 177 Å². The summed E-state index contributed by atoms with van der Waals surface area (Å²) in [4.78, 5) is 39.8. The molecule has 3 amide bonds. The highest BCUT2D eigenvalue weighted by Crippen LogP contribution is 2.29. The number of hydrogen-bond acceptors (Lipinski definition) is 3. The van der Waals surface area contributed by atoms with Crippen LogP contribution in [0, 0.1) is 19.8 Å². The van der Waals surface area contributed by atoms with Crippen LogP contribution < -0.4 is 15.5 Å². The molecule has 30 heavy (non-hydrogen) atoms. The van der Waals surface area contributed by atoms with Gasteiger partial charge in [-0.3, -0.25) is 14.4 Å². The van der Waals surface area contributed by atoms with E-state index in [0.29, 0.717) is 17.8 Å². The Balaban J connectivity index is 1.76. The molecule has 1 heterocycles. The van der Waals surface area contributed by atoms with Crippen molar-refractivity contribution in [3.8, 4) is 0 Å². The molecule has 158 valence electrons. The molecule has 3 rings (SSSR count). The Bertz CT molecular complexity index is 991. The first-order chi connectivity index (χ1) is 14.0. The second-order valence-electron chi connectivity index (χ2n) is 8.93. The maximum absolute atomic E-state index is 12.9. The van der Waals surface area contributed by atoms with E-state index < -0.39 is 11.5 Å². The summed E-state index contributed by atoms with van der Waals surface area (Å²) in [5, 5.41) is 5.77. The number of para-hydroxylation sites is 1. The number of rotatable bonds is 4. The minimum absolute atomic E-state index is 0.0670. The molecule has 0 bridgehead atoms. The summed E-state index contributed by atoms with van der Waals surface area (Å²) >= 11 is 0. The van der Waals surface area contributed by atoms with E-state index >= 15 is 0 Å². The normalized spacial score (nSPS) is 16.5. The van der Waals surface area contributed by atoms with Crippen molar-refractivity contribution in [2.75, 3.05) is 16.8 Å². The molecule has 6 nitrogen and oxygen atoms in total. The summed E-state index contributed by atoms with van der Waals surface area (Å²) in [7, 11) is 0. The number of nitrogens with zero attached hydrogens (tertiary/aromatic N) is 1. The highest BCUT2D eigenvalue weighted by molar-refractivity contribution is 6.07. The van der Waals surface area contributed by atoms with Crippen LogP contribution in [0.15, 0.2) is 42.5 Å². The van der Waals surface area contributed by atoms with Gasteiger partial charge in [-0.25, -0.2) is 0 Å². The molecule has 1 fully saturated rings. The molecule has 0 aromatic heterocycles. The molecule has 1 aliphatic rings. The van der Waals surface area contributed by atoms with Crippen LogP contribution >= 0.6 is 0 Å². The van der Waals surface area contributed by atoms with E-state index in [0.717, 1.165) is 16.8 Å². The Morgan fingerprint density at radius 3 is 2.47 bits per heavy atom. The fourth-order valence-electron chi connectivity index (χ4n) is 3.56. The summed E-state index contributed by atoms with van der Waals surface area (Å²) in [6.07, 6.45) is 0.148. The van der Waals surface area contributed by atoms with Crippen molar-refractivity contribution >= 4 is 29.1 Å². The number of carbonyl (C=O) groups is 3. The molecule has 0 aliphatic carbocycles. The van der Waals surface area contributed by atoms with Crippen LogP contribution in [0.3, 0.4) is 0 Å². The van der Waals surface area contributed by atoms with Gasteiger partial charge in [0.1, 0.15) is 0 Å². The van der Waals surface area contributed by atoms with Gasteiger partial charge < -0.3 is 15.5 Å². The predicted molar refractivity (Wildman–Crippen MR) is 119 cm³/mol. The van der Waals surface area contributed by atoms with E-state index in [2.05, 4.69) is 10.6 Å². The van der Waals surface area contributed by atoms with Gasteiger partial charge >= 0.3 is 0 Å². The fourth-order valence-corrected chi connectivity index (χ4v) is 3.56. The zero-order valence-electron chi connectivity index (χ0n) is 18.2. The molecule has 0 saturated carbocycles. The minimum Gasteiger partial charge on any atom is -0.347 e. The van der Waals surface area contributed by atoms with Gasteiger partial charge in [-0.1, -0.05) is 24.3 Å². The number of anilines is 2. The van der Waals surface area contributed by atoms with Crippen LogP contribution in [-0.4, -0.2) is 29.8 Å². The number of amides is 3. The minimum atomic E-state index is -0.476. The Morgan fingerprint density at radius 1 is 1.07 bits per heavy atom. The fraction of sp³-hybridized carbons (Fsp3) is 0.375. The van der Waals surface area contributed by atoms with Crippen molar-refractivity contribution in [2.45, 2.75) is 46.6 Å². The number of carbonyl (C=O) groups excluding carboxylic acids is 3. The lowest BCUT2D eigenvalue weighted by atomic mass is 10.1. The molecule has 2 N–H and O–H groups in total. The maximum atomic E-state index is 12.9. The summed E-state index contributed by atoms with van der Waals surface area (Å²) in [6.45, 7) is 9.96. The number of nitrogens with one attached hydrogen (secondary N) is 2. The first-order valence-electron chi connectivity index (χ1n) is 10.1. The molecule has 1 atom stereocenters. The molecule has 1 saturated heterocycles. The quantitative estimate of drug-likeness (QED) is 0.809. The molecular weight excluding hydrogens is 378 g/mol. The lowest BCUT2D eigenvalue weighted by Crippen LogP contribution is -2.41. The van der Waals surface area contributed by atoms with Crippen molar-refractivity contribution in [2.24, 2.45) is 5.92 Å². The van der Waals surface area contributed by atoms with Gasteiger partial charge in [-0.2, -0.15) is 0 Å². The maximum Gasteiger partial charge on any atom is 0.253 e.